The molecule has 0 amide bonds. The molecular weight excluding hydrogens is 416 g/mol. The Bertz CT molecular complexity index is 535. The monoisotopic (exact) mass is 462 g/mol. The van der Waals surface area contributed by atoms with Gasteiger partial charge in [0.25, 0.3) is 0 Å². The topological polar surface area (TPSA) is 89.5 Å². The van der Waals surface area contributed by atoms with Crippen LogP contribution in [0.2, 0.25) is 0 Å². The molecule has 0 rings (SSSR count). The lowest BCUT2D eigenvalue weighted by Gasteiger charge is -2.23. The Balaban J connectivity index is 3.85. The lowest BCUT2D eigenvalue weighted by molar-refractivity contribution is -0.162. The maximum atomic E-state index is 11.9. The van der Waals surface area contributed by atoms with Gasteiger partial charge in [-0.2, -0.15) is 0 Å². The van der Waals surface area contributed by atoms with E-state index in [0.717, 1.165) is 0 Å². The van der Waals surface area contributed by atoms with Gasteiger partial charge < -0.3 is 28.4 Å². The molecule has 190 valence electrons. The number of hydrogen-bond acceptors (Lipinski definition) is 8. The van der Waals surface area contributed by atoms with Crippen molar-refractivity contribution in [2.24, 2.45) is 10.8 Å². The zero-order chi connectivity index (χ0) is 24.9. The van der Waals surface area contributed by atoms with Gasteiger partial charge in [-0.05, 0) is 69.2 Å². The predicted octanol–water partition coefficient (Wildman–Crippen LogP) is 3.79. The second-order valence-corrected chi connectivity index (χ2v) is 10.4. The van der Waals surface area contributed by atoms with Crippen LogP contribution in [0.3, 0.4) is 0 Å². The maximum absolute atomic E-state index is 11.9. The van der Waals surface area contributed by atoms with E-state index in [4.69, 9.17) is 28.4 Å². The van der Waals surface area contributed by atoms with E-state index in [1.54, 1.807) is 0 Å². The van der Waals surface area contributed by atoms with Crippen LogP contribution in [0.4, 0.5) is 0 Å². The van der Waals surface area contributed by atoms with Gasteiger partial charge in [0.2, 0.25) is 0 Å². The Morgan fingerprint density at radius 3 is 1.44 bits per heavy atom. The number of carbonyl (C=O) groups excluding carboxylic acids is 2. The molecule has 0 spiro atoms. The lowest BCUT2D eigenvalue weighted by Crippen LogP contribution is -2.31. The highest BCUT2D eigenvalue weighted by molar-refractivity contribution is 5.75. The van der Waals surface area contributed by atoms with E-state index in [0.29, 0.717) is 33.0 Å². The van der Waals surface area contributed by atoms with Crippen molar-refractivity contribution in [1.82, 2.24) is 0 Å². The fraction of sp³-hybridized carbons (Fsp3) is 0.917. The van der Waals surface area contributed by atoms with Crippen LogP contribution in [0.25, 0.3) is 0 Å². The Labute approximate surface area is 194 Å². The Kier molecular flexibility index (Phi) is 14.3. The van der Waals surface area contributed by atoms with Gasteiger partial charge in [0.15, 0.2) is 0 Å². The summed E-state index contributed by atoms with van der Waals surface area (Å²) >= 11 is 0. The van der Waals surface area contributed by atoms with E-state index in [1.165, 1.54) is 0 Å². The van der Waals surface area contributed by atoms with E-state index in [9.17, 15) is 9.59 Å². The number of rotatable bonds is 15. The standard InChI is InChI=1S/C24H46O8/c1-17(13-27-11-12-28-21(25)23(5,6)7)29-14-18(2)30-15-19(3)31-16-20(4)32-22(26)24(8,9)10/h17-20H,11-16H2,1-10H3. The van der Waals surface area contributed by atoms with Gasteiger partial charge in [0, 0.05) is 0 Å². The molecule has 32 heavy (non-hydrogen) atoms. The van der Waals surface area contributed by atoms with E-state index >= 15 is 0 Å². The van der Waals surface area contributed by atoms with Gasteiger partial charge in [0.1, 0.15) is 12.7 Å². The van der Waals surface area contributed by atoms with Crippen molar-refractivity contribution in [2.45, 2.75) is 93.7 Å². The summed E-state index contributed by atoms with van der Waals surface area (Å²) in [5.74, 6) is -0.484. The summed E-state index contributed by atoms with van der Waals surface area (Å²) < 4.78 is 33.2. The molecule has 4 atom stereocenters. The Morgan fingerprint density at radius 2 is 1.00 bits per heavy atom. The third kappa shape index (κ3) is 15.6. The molecule has 0 aliphatic carbocycles. The summed E-state index contributed by atoms with van der Waals surface area (Å²) in [6.07, 6.45) is -0.661. The molecule has 0 saturated carbocycles. The largest absolute Gasteiger partial charge is 0.463 e. The Morgan fingerprint density at radius 1 is 0.594 bits per heavy atom. The van der Waals surface area contributed by atoms with Crippen LogP contribution in [0.5, 0.6) is 0 Å². The molecule has 0 aromatic carbocycles. The van der Waals surface area contributed by atoms with Gasteiger partial charge in [-0.25, -0.2) is 0 Å². The zero-order valence-electron chi connectivity index (χ0n) is 21.8. The lowest BCUT2D eigenvalue weighted by atomic mass is 9.97. The van der Waals surface area contributed by atoms with Crippen molar-refractivity contribution in [1.29, 1.82) is 0 Å². The highest BCUT2D eigenvalue weighted by Crippen LogP contribution is 2.16. The van der Waals surface area contributed by atoms with E-state index in [-0.39, 0.29) is 43.0 Å². The first-order chi connectivity index (χ1) is 14.6. The number of hydrogen-bond donors (Lipinski definition) is 0. The van der Waals surface area contributed by atoms with Crippen LogP contribution in [0.1, 0.15) is 69.2 Å². The summed E-state index contributed by atoms with van der Waals surface area (Å²) in [5.41, 5.74) is -1.04. The van der Waals surface area contributed by atoms with Crippen LogP contribution >= 0.6 is 0 Å². The highest BCUT2D eigenvalue weighted by Gasteiger charge is 2.25. The molecule has 8 nitrogen and oxygen atoms in total. The fourth-order valence-corrected chi connectivity index (χ4v) is 2.10. The second-order valence-electron chi connectivity index (χ2n) is 10.4. The van der Waals surface area contributed by atoms with Crippen molar-refractivity contribution >= 4 is 11.9 Å². The van der Waals surface area contributed by atoms with Crippen molar-refractivity contribution in [3.8, 4) is 0 Å². The second kappa shape index (κ2) is 14.8. The first kappa shape index (κ1) is 30.8. The number of esters is 2. The van der Waals surface area contributed by atoms with Gasteiger partial charge in [-0.1, -0.05) is 0 Å². The maximum Gasteiger partial charge on any atom is 0.311 e. The number of carbonyl (C=O) groups is 2. The molecule has 0 aliphatic heterocycles. The molecular formula is C24H46O8. The minimum absolute atomic E-state index is 0.104. The summed E-state index contributed by atoms with van der Waals surface area (Å²) in [7, 11) is 0. The SMILES string of the molecule is CC(COCCOC(=O)C(C)(C)C)OCC(C)OCC(C)OCC(C)OC(=O)C(C)(C)C. The van der Waals surface area contributed by atoms with Crippen LogP contribution in [-0.4, -0.2) is 76.0 Å². The number of ether oxygens (including phenoxy) is 6. The molecule has 0 bridgehead atoms. The molecule has 0 aromatic heterocycles. The van der Waals surface area contributed by atoms with Crippen LogP contribution in [0.15, 0.2) is 0 Å². The van der Waals surface area contributed by atoms with Gasteiger partial charge in [-0.3, -0.25) is 9.59 Å². The minimum Gasteiger partial charge on any atom is -0.463 e. The minimum atomic E-state index is -0.528. The molecule has 0 N–H and O–H groups in total. The Hall–Kier alpha value is -1.22. The normalized spacial score (nSPS) is 16.2. The summed E-state index contributed by atoms with van der Waals surface area (Å²) in [6.45, 7) is 20.6. The average Bonchev–Trinajstić information content (AvgIpc) is 2.67. The van der Waals surface area contributed by atoms with Crippen LogP contribution in [-0.2, 0) is 38.0 Å². The van der Waals surface area contributed by atoms with E-state index in [2.05, 4.69) is 0 Å². The fourth-order valence-electron chi connectivity index (χ4n) is 2.10. The average molecular weight is 463 g/mol. The highest BCUT2D eigenvalue weighted by atomic mass is 16.6. The quantitative estimate of drug-likeness (QED) is 0.268. The molecule has 0 fully saturated rings. The summed E-state index contributed by atoms with van der Waals surface area (Å²) in [6, 6.07) is 0. The summed E-state index contributed by atoms with van der Waals surface area (Å²) in [5, 5.41) is 0. The predicted molar refractivity (Wildman–Crippen MR) is 122 cm³/mol. The van der Waals surface area contributed by atoms with Crippen molar-refractivity contribution in [3.63, 3.8) is 0 Å². The molecule has 8 heteroatoms. The summed E-state index contributed by atoms with van der Waals surface area (Å²) in [4.78, 5) is 23.5. The van der Waals surface area contributed by atoms with Crippen LogP contribution in [0, 0.1) is 10.8 Å². The van der Waals surface area contributed by atoms with Crippen molar-refractivity contribution in [3.05, 3.63) is 0 Å². The van der Waals surface area contributed by atoms with Gasteiger partial charge in [0.05, 0.1) is 62.2 Å². The van der Waals surface area contributed by atoms with Crippen LogP contribution < -0.4 is 0 Å². The first-order valence-corrected chi connectivity index (χ1v) is 11.4. The molecule has 0 aromatic rings. The van der Waals surface area contributed by atoms with Crippen molar-refractivity contribution in [2.75, 3.05) is 39.6 Å². The third-order valence-corrected chi connectivity index (χ3v) is 4.19. The van der Waals surface area contributed by atoms with Crippen molar-refractivity contribution < 1.29 is 38.0 Å². The van der Waals surface area contributed by atoms with E-state index in [1.807, 2.05) is 69.2 Å². The first-order valence-electron chi connectivity index (χ1n) is 11.4. The molecule has 0 heterocycles. The molecule has 4 unspecified atom stereocenters. The molecule has 0 radical (unpaired) electrons. The third-order valence-electron chi connectivity index (χ3n) is 4.19. The molecule has 0 saturated heterocycles. The van der Waals surface area contributed by atoms with Gasteiger partial charge >= 0.3 is 11.9 Å². The smallest absolute Gasteiger partial charge is 0.311 e. The zero-order valence-corrected chi connectivity index (χ0v) is 21.8. The van der Waals surface area contributed by atoms with Gasteiger partial charge in [-0.15, -0.1) is 0 Å². The molecule has 0 aliphatic rings. The van der Waals surface area contributed by atoms with E-state index < -0.39 is 10.8 Å².